The number of nitrogens with two attached hydrogens (primary N) is 1. The van der Waals surface area contributed by atoms with Crippen LogP contribution in [0.4, 0.5) is 0 Å². The second-order valence-corrected chi connectivity index (χ2v) is 8.03. The molecule has 0 aromatic carbocycles. The quantitative estimate of drug-likeness (QED) is 0.831. The molecule has 0 saturated carbocycles. The molecule has 0 aliphatic heterocycles. The fourth-order valence-corrected chi connectivity index (χ4v) is 5.91. The van der Waals surface area contributed by atoms with Crippen molar-refractivity contribution in [1.29, 1.82) is 0 Å². The monoisotopic (exact) mass is 275 g/mol. The molecule has 0 saturated heterocycles. The molecule has 0 aliphatic rings. The van der Waals surface area contributed by atoms with Crippen molar-refractivity contribution in [3.05, 3.63) is 16.3 Å². The van der Waals surface area contributed by atoms with Crippen LogP contribution < -0.4 is 9.31 Å². The molecule has 1 heterocycles. The topological polar surface area (TPSA) is 26.0 Å². The molecule has 1 aromatic heterocycles. The Balaban J connectivity index is 2.78. The van der Waals surface area contributed by atoms with Crippen LogP contribution in [0.1, 0.15) is 24.8 Å². The molecule has 1 atom stereocenters. The maximum atomic E-state index is 5.83. The van der Waals surface area contributed by atoms with Gasteiger partial charge in [-0.05, 0) is 0 Å². The van der Waals surface area contributed by atoms with Crippen LogP contribution in [0.25, 0.3) is 0 Å². The van der Waals surface area contributed by atoms with E-state index in [1.807, 2.05) is 11.3 Å². The van der Waals surface area contributed by atoms with Crippen molar-refractivity contribution in [1.82, 2.24) is 0 Å². The summed E-state index contributed by atoms with van der Waals surface area (Å²) in [5.41, 5.74) is 5.83. The predicted molar refractivity (Wildman–Crippen MR) is 52.8 cm³/mol. The fraction of sp³-hybridized carbons (Fsp3) is 0.500. The molecule has 1 aromatic rings. The molecule has 1 unspecified atom stereocenters. The van der Waals surface area contributed by atoms with E-state index in [0.29, 0.717) is 0 Å². The Kier molecular flexibility index (Phi) is 3.88. The van der Waals surface area contributed by atoms with E-state index in [9.17, 15) is 0 Å². The zero-order valence-electron chi connectivity index (χ0n) is 6.92. The zero-order valence-corrected chi connectivity index (χ0v) is 10.6. The molecular formula is C8H13NSSn+2. The van der Waals surface area contributed by atoms with Crippen molar-refractivity contribution in [2.45, 2.75) is 24.3 Å². The maximum absolute atomic E-state index is 5.83. The molecule has 1 nitrogen and oxygen atoms in total. The first-order valence-corrected chi connectivity index (χ1v) is 8.15. The molecule has 0 radical (unpaired) electrons. The predicted octanol–water partition coefficient (Wildman–Crippen LogP) is 1.54. The SMILES string of the molecule is C[CH2][Sn+2][c]1ccsc1C(C)N. The summed E-state index contributed by atoms with van der Waals surface area (Å²) < 4.78 is 2.98. The van der Waals surface area contributed by atoms with Gasteiger partial charge in [-0.1, -0.05) is 0 Å². The first-order chi connectivity index (χ1) is 5.25. The summed E-state index contributed by atoms with van der Waals surface area (Å²) in [4.78, 5) is 1.43. The van der Waals surface area contributed by atoms with Crippen LogP contribution >= 0.6 is 11.3 Å². The number of rotatable bonds is 3. The third kappa shape index (κ3) is 2.46. The Morgan fingerprint density at radius 2 is 2.45 bits per heavy atom. The van der Waals surface area contributed by atoms with Gasteiger partial charge in [0.1, 0.15) is 0 Å². The summed E-state index contributed by atoms with van der Waals surface area (Å²) in [6.45, 7) is 4.35. The number of hydrogen-bond donors (Lipinski definition) is 1. The summed E-state index contributed by atoms with van der Waals surface area (Å²) in [5.74, 6) is 0. The molecule has 0 spiro atoms. The Morgan fingerprint density at radius 3 is 3.00 bits per heavy atom. The minimum atomic E-state index is -0.262. The molecule has 0 amide bonds. The van der Waals surface area contributed by atoms with Crippen molar-refractivity contribution in [2.75, 3.05) is 0 Å². The Morgan fingerprint density at radius 1 is 1.73 bits per heavy atom. The van der Waals surface area contributed by atoms with Crippen LogP contribution in [0, 0.1) is 0 Å². The molecule has 11 heavy (non-hydrogen) atoms. The molecule has 0 fully saturated rings. The number of hydrogen-bond acceptors (Lipinski definition) is 2. The van der Waals surface area contributed by atoms with Crippen LogP contribution in [0.2, 0.25) is 4.44 Å². The van der Waals surface area contributed by atoms with Crippen molar-refractivity contribution in [3.63, 3.8) is 0 Å². The number of thiophene rings is 1. The van der Waals surface area contributed by atoms with Gasteiger partial charge in [-0.15, -0.1) is 0 Å². The van der Waals surface area contributed by atoms with Gasteiger partial charge in [0.2, 0.25) is 0 Å². The van der Waals surface area contributed by atoms with Gasteiger partial charge in [0.25, 0.3) is 0 Å². The summed E-state index contributed by atoms with van der Waals surface area (Å²) in [7, 11) is 0. The van der Waals surface area contributed by atoms with E-state index in [0.717, 1.165) is 0 Å². The van der Waals surface area contributed by atoms with Gasteiger partial charge in [0.15, 0.2) is 0 Å². The second-order valence-electron chi connectivity index (χ2n) is 2.52. The third-order valence-corrected chi connectivity index (χ3v) is 6.45. The van der Waals surface area contributed by atoms with Gasteiger partial charge in [-0.3, -0.25) is 0 Å². The molecule has 3 heteroatoms. The minimum absolute atomic E-state index is 0.248. The molecule has 0 bridgehead atoms. The molecule has 0 aliphatic carbocycles. The Hall–Kier alpha value is 0.459. The van der Waals surface area contributed by atoms with E-state index in [4.69, 9.17) is 5.73 Å². The standard InChI is InChI=1S/C6H8NS.C2H5.Sn/c1-5(7)6-3-2-4-8-6;1-2;/h2,4-5H,7H2,1H3;1H2,2H3;/q;;+2. The Bertz CT molecular complexity index is 220. The Labute approximate surface area is 82.2 Å². The normalized spacial score (nSPS) is 12.6. The van der Waals surface area contributed by atoms with Crippen molar-refractivity contribution >= 4 is 36.1 Å². The average molecular weight is 274 g/mol. The fourth-order valence-electron chi connectivity index (χ4n) is 1.01. The molecule has 2 N–H and O–H groups in total. The average Bonchev–Trinajstić information content (AvgIpc) is 2.36. The summed E-state index contributed by atoms with van der Waals surface area (Å²) in [6.07, 6.45) is 0. The first-order valence-electron chi connectivity index (χ1n) is 3.82. The third-order valence-electron chi connectivity index (χ3n) is 1.48. The van der Waals surface area contributed by atoms with E-state index in [2.05, 4.69) is 25.3 Å². The van der Waals surface area contributed by atoms with Gasteiger partial charge < -0.3 is 0 Å². The van der Waals surface area contributed by atoms with E-state index in [1.165, 1.54) is 9.31 Å². The van der Waals surface area contributed by atoms with Gasteiger partial charge in [0.05, 0.1) is 0 Å². The van der Waals surface area contributed by atoms with Crippen molar-refractivity contribution in [3.8, 4) is 0 Å². The van der Waals surface area contributed by atoms with E-state index >= 15 is 0 Å². The van der Waals surface area contributed by atoms with E-state index in [-0.39, 0.29) is 27.2 Å². The van der Waals surface area contributed by atoms with E-state index in [1.54, 1.807) is 3.58 Å². The van der Waals surface area contributed by atoms with Gasteiger partial charge in [-0.25, -0.2) is 0 Å². The summed E-state index contributed by atoms with van der Waals surface area (Å²) in [6, 6.07) is 2.51. The van der Waals surface area contributed by atoms with E-state index < -0.39 is 0 Å². The van der Waals surface area contributed by atoms with Crippen molar-refractivity contribution < 1.29 is 0 Å². The summed E-state index contributed by atoms with van der Waals surface area (Å²) >= 11 is 1.55. The van der Waals surface area contributed by atoms with Crippen LogP contribution in [0.5, 0.6) is 0 Å². The van der Waals surface area contributed by atoms with Gasteiger partial charge in [0, 0.05) is 0 Å². The zero-order chi connectivity index (χ0) is 8.27. The molecule has 1 rings (SSSR count). The van der Waals surface area contributed by atoms with Crippen LogP contribution in [0.15, 0.2) is 11.4 Å². The van der Waals surface area contributed by atoms with Gasteiger partial charge in [-0.2, -0.15) is 0 Å². The summed E-state index contributed by atoms with van der Waals surface area (Å²) in [5, 5.41) is 2.17. The van der Waals surface area contributed by atoms with Gasteiger partial charge >= 0.3 is 82.4 Å². The van der Waals surface area contributed by atoms with Crippen LogP contribution in [0.3, 0.4) is 0 Å². The molecule has 58 valence electrons. The molecular weight excluding hydrogens is 261 g/mol. The second kappa shape index (κ2) is 4.48. The van der Waals surface area contributed by atoms with Crippen LogP contribution in [-0.4, -0.2) is 21.1 Å². The van der Waals surface area contributed by atoms with Crippen LogP contribution in [-0.2, 0) is 0 Å². The van der Waals surface area contributed by atoms with Crippen molar-refractivity contribution in [2.24, 2.45) is 5.73 Å². The first kappa shape index (κ1) is 9.55.